The number of hydrogen-bond donors (Lipinski definition) is 1. The van der Waals surface area contributed by atoms with Gasteiger partial charge in [0.2, 0.25) is 5.91 Å². The van der Waals surface area contributed by atoms with Crippen molar-refractivity contribution in [2.75, 3.05) is 0 Å². The van der Waals surface area contributed by atoms with Gasteiger partial charge in [0.1, 0.15) is 11.6 Å². The van der Waals surface area contributed by atoms with Gasteiger partial charge in [-0.05, 0) is 26.0 Å². The van der Waals surface area contributed by atoms with Crippen molar-refractivity contribution >= 4 is 5.91 Å². The summed E-state index contributed by atoms with van der Waals surface area (Å²) in [7, 11) is 0. The predicted molar refractivity (Wildman–Crippen MR) is 60.5 cm³/mol. The average molecular weight is 239 g/mol. The Labute approximate surface area is 99.0 Å². The molecule has 0 bridgehead atoms. The molecule has 92 valence electrons. The third-order valence-corrected chi connectivity index (χ3v) is 3.86. The number of carbonyl (C=O) groups is 1. The van der Waals surface area contributed by atoms with Crippen molar-refractivity contribution in [2.24, 2.45) is 0 Å². The first-order valence-corrected chi connectivity index (χ1v) is 5.53. The highest BCUT2D eigenvalue weighted by atomic mass is 19.1. The zero-order chi connectivity index (χ0) is 12.8. The van der Waals surface area contributed by atoms with E-state index in [9.17, 15) is 13.6 Å². The minimum absolute atomic E-state index is 0.0108. The summed E-state index contributed by atoms with van der Waals surface area (Å²) in [5, 5.41) is 2.76. The molecule has 1 aliphatic rings. The Balaban J connectivity index is 2.63. The molecule has 1 fully saturated rings. The van der Waals surface area contributed by atoms with Crippen molar-refractivity contribution in [3.05, 3.63) is 35.4 Å². The zero-order valence-corrected chi connectivity index (χ0v) is 10.1. The first-order chi connectivity index (χ1) is 7.78. The van der Waals surface area contributed by atoms with Gasteiger partial charge in [0, 0.05) is 22.9 Å². The van der Waals surface area contributed by atoms with Crippen LogP contribution in [0.4, 0.5) is 8.78 Å². The van der Waals surface area contributed by atoms with Gasteiger partial charge in [-0.1, -0.05) is 13.0 Å². The normalized spacial score (nSPS) is 27.0. The molecule has 0 radical (unpaired) electrons. The van der Waals surface area contributed by atoms with Crippen LogP contribution in [0, 0.1) is 11.6 Å². The molecule has 0 spiro atoms. The summed E-state index contributed by atoms with van der Waals surface area (Å²) in [5.41, 5.74) is -1.56. The summed E-state index contributed by atoms with van der Waals surface area (Å²) in [5.74, 6) is -1.38. The van der Waals surface area contributed by atoms with E-state index in [-0.39, 0.29) is 17.9 Å². The quantitative estimate of drug-likeness (QED) is 0.801. The second-order valence-corrected chi connectivity index (χ2v) is 5.28. The van der Waals surface area contributed by atoms with Crippen LogP contribution in [-0.2, 0) is 10.2 Å². The average Bonchev–Trinajstić information content (AvgIpc) is 2.34. The molecule has 1 aromatic carbocycles. The number of rotatable bonds is 1. The van der Waals surface area contributed by atoms with E-state index in [4.69, 9.17) is 0 Å². The van der Waals surface area contributed by atoms with Crippen LogP contribution >= 0.6 is 0 Å². The monoisotopic (exact) mass is 239 g/mol. The van der Waals surface area contributed by atoms with Gasteiger partial charge in [0.15, 0.2) is 0 Å². The molecule has 0 aromatic heterocycles. The first-order valence-electron chi connectivity index (χ1n) is 5.53. The number of carbonyl (C=O) groups excluding carboxylic acids is 1. The molecule has 1 atom stereocenters. The summed E-state index contributed by atoms with van der Waals surface area (Å²) < 4.78 is 27.7. The highest BCUT2D eigenvalue weighted by Crippen LogP contribution is 2.44. The van der Waals surface area contributed by atoms with Crippen LogP contribution in [0.25, 0.3) is 0 Å². The minimum atomic E-state index is -0.875. The molecule has 1 unspecified atom stereocenters. The molecule has 1 N–H and O–H groups in total. The largest absolute Gasteiger partial charge is 0.350 e. The van der Waals surface area contributed by atoms with Gasteiger partial charge in [-0.15, -0.1) is 0 Å². The molecule has 1 aliphatic heterocycles. The van der Waals surface area contributed by atoms with E-state index in [0.717, 1.165) is 0 Å². The molecule has 0 saturated carbocycles. The number of benzene rings is 1. The van der Waals surface area contributed by atoms with Crippen LogP contribution in [0.5, 0.6) is 0 Å². The Morgan fingerprint density at radius 1 is 1.18 bits per heavy atom. The van der Waals surface area contributed by atoms with Crippen molar-refractivity contribution in [1.82, 2.24) is 5.32 Å². The second-order valence-electron chi connectivity index (χ2n) is 5.28. The molecule has 2 nitrogen and oxygen atoms in total. The second kappa shape index (κ2) is 3.52. The Kier molecular flexibility index (Phi) is 2.49. The van der Waals surface area contributed by atoms with Crippen LogP contribution < -0.4 is 5.32 Å². The fourth-order valence-electron chi connectivity index (χ4n) is 2.50. The summed E-state index contributed by atoms with van der Waals surface area (Å²) >= 11 is 0. The van der Waals surface area contributed by atoms with E-state index < -0.39 is 22.6 Å². The Hall–Kier alpha value is -1.45. The highest BCUT2D eigenvalue weighted by Gasteiger charge is 2.52. The maximum absolute atomic E-state index is 13.8. The maximum Gasteiger partial charge on any atom is 0.221 e. The number of amides is 1. The lowest BCUT2D eigenvalue weighted by Crippen LogP contribution is -2.49. The Morgan fingerprint density at radius 2 is 1.71 bits per heavy atom. The lowest BCUT2D eigenvalue weighted by atomic mass is 9.68. The van der Waals surface area contributed by atoms with Crippen LogP contribution in [0.3, 0.4) is 0 Å². The SMILES string of the molecule is CC1(C)NC(=O)CC1(C)c1c(F)cccc1F. The van der Waals surface area contributed by atoms with Gasteiger partial charge in [-0.3, -0.25) is 4.79 Å². The highest BCUT2D eigenvalue weighted by molar-refractivity contribution is 5.82. The molecule has 1 saturated heterocycles. The van der Waals surface area contributed by atoms with Crippen LogP contribution in [0.2, 0.25) is 0 Å². The van der Waals surface area contributed by atoms with E-state index in [1.54, 1.807) is 20.8 Å². The van der Waals surface area contributed by atoms with Crippen molar-refractivity contribution < 1.29 is 13.6 Å². The Bertz CT molecular complexity index is 464. The van der Waals surface area contributed by atoms with Gasteiger partial charge >= 0.3 is 0 Å². The van der Waals surface area contributed by atoms with Gasteiger partial charge in [-0.25, -0.2) is 8.78 Å². The number of halogens is 2. The molecule has 0 aliphatic carbocycles. The van der Waals surface area contributed by atoms with Crippen molar-refractivity contribution in [1.29, 1.82) is 0 Å². The molecule has 4 heteroatoms. The van der Waals surface area contributed by atoms with E-state index in [2.05, 4.69) is 5.32 Å². The molecule has 1 aromatic rings. The molecule has 1 heterocycles. The van der Waals surface area contributed by atoms with Crippen LogP contribution in [-0.4, -0.2) is 11.4 Å². The standard InChI is InChI=1S/C13H15F2NO/c1-12(2)13(3,7-10(17)16-12)11-8(14)5-4-6-9(11)15/h4-6H,7H2,1-3H3,(H,16,17). The van der Waals surface area contributed by atoms with Crippen molar-refractivity contribution in [3.8, 4) is 0 Å². The van der Waals surface area contributed by atoms with Gasteiger partial charge < -0.3 is 5.32 Å². The third-order valence-electron chi connectivity index (χ3n) is 3.86. The van der Waals surface area contributed by atoms with E-state index in [1.165, 1.54) is 18.2 Å². The topological polar surface area (TPSA) is 29.1 Å². The van der Waals surface area contributed by atoms with Gasteiger partial charge in [0.25, 0.3) is 0 Å². The van der Waals surface area contributed by atoms with Crippen molar-refractivity contribution in [2.45, 2.75) is 38.1 Å². The van der Waals surface area contributed by atoms with Crippen LogP contribution in [0.15, 0.2) is 18.2 Å². The van der Waals surface area contributed by atoms with Gasteiger partial charge in [-0.2, -0.15) is 0 Å². The summed E-state index contributed by atoms with van der Waals surface area (Å²) in [6.07, 6.45) is 0.0951. The molecular weight excluding hydrogens is 224 g/mol. The van der Waals surface area contributed by atoms with Crippen molar-refractivity contribution in [3.63, 3.8) is 0 Å². The fraction of sp³-hybridized carbons (Fsp3) is 0.462. The fourth-order valence-corrected chi connectivity index (χ4v) is 2.50. The predicted octanol–water partition coefficient (Wildman–Crippen LogP) is 2.52. The summed E-state index contributed by atoms with van der Waals surface area (Å²) in [4.78, 5) is 11.5. The van der Waals surface area contributed by atoms with E-state index >= 15 is 0 Å². The molecule has 2 rings (SSSR count). The first kappa shape index (κ1) is 12.0. The summed E-state index contributed by atoms with van der Waals surface area (Å²) in [6.45, 7) is 5.28. The lowest BCUT2D eigenvalue weighted by molar-refractivity contribution is -0.119. The molecular formula is C13H15F2NO. The summed E-state index contributed by atoms with van der Waals surface area (Å²) in [6, 6.07) is 3.78. The third kappa shape index (κ3) is 1.63. The minimum Gasteiger partial charge on any atom is -0.350 e. The van der Waals surface area contributed by atoms with Crippen LogP contribution in [0.1, 0.15) is 32.8 Å². The number of hydrogen-bond acceptors (Lipinski definition) is 1. The van der Waals surface area contributed by atoms with E-state index in [0.29, 0.717) is 0 Å². The molecule has 1 amide bonds. The van der Waals surface area contributed by atoms with E-state index in [1.807, 2.05) is 0 Å². The molecule has 17 heavy (non-hydrogen) atoms. The maximum atomic E-state index is 13.8. The smallest absolute Gasteiger partial charge is 0.221 e. The zero-order valence-electron chi connectivity index (χ0n) is 10.1. The van der Waals surface area contributed by atoms with Gasteiger partial charge in [0.05, 0.1) is 0 Å². The number of nitrogens with one attached hydrogen (secondary N) is 1. The Morgan fingerprint density at radius 3 is 2.12 bits per heavy atom. The lowest BCUT2D eigenvalue weighted by Gasteiger charge is -2.37.